The van der Waals surface area contributed by atoms with E-state index in [0.717, 1.165) is 18.2 Å². The van der Waals surface area contributed by atoms with Gasteiger partial charge in [0, 0.05) is 25.1 Å². The zero-order valence-corrected chi connectivity index (χ0v) is 19.9. The van der Waals surface area contributed by atoms with E-state index in [2.05, 4.69) is 27.2 Å². The number of fused-ring (bicyclic) bond motifs is 1. The maximum atomic E-state index is 14.3. The molecular formula is C25H24F3N5O4. The van der Waals surface area contributed by atoms with Crippen molar-refractivity contribution in [2.24, 2.45) is 0 Å². The van der Waals surface area contributed by atoms with E-state index in [9.17, 15) is 22.8 Å². The third kappa shape index (κ3) is 5.48. The molecule has 2 amide bonds. The smallest absolute Gasteiger partial charge is 0.247 e. The summed E-state index contributed by atoms with van der Waals surface area (Å²) in [6.07, 6.45) is 3.50. The lowest BCUT2D eigenvalue weighted by Gasteiger charge is -2.23. The number of amides is 2. The van der Waals surface area contributed by atoms with E-state index in [-0.39, 0.29) is 42.1 Å². The molecule has 0 spiro atoms. The van der Waals surface area contributed by atoms with Gasteiger partial charge < -0.3 is 25.0 Å². The van der Waals surface area contributed by atoms with Gasteiger partial charge in [0.05, 0.1) is 23.5 Å². The standard InChI is InChI=1S/C25H24F3N5O4/c1-3-21(34)33-8-4-5-19(33)25(35)32-18-11-14-17(12-20(18)37-10-9-36-2)29-13-30-24(14)31-16-7-6-15(26)22(27)23(16)28/h3,6-7,11-13,19H,1,4-5,8-10H2,2H3,(H,32,35)(H,29,30,31)/t19-/m0/s1. The quantitative estimate of drug-likeness (QED) is 0.253. The van der Waals surface area contributed by atoms with Crippen molar-refractivity contribution in [2.45, 2.75) is 18.9 Å². The van der Waals surface area contributed by atoms with Crippen molar-refractivity contribution in [3.63, 3.8) is 0 Å². The second-order valence-electron chi connectivity index (χ2n) is 8.16. The molecule has 1 aliphatic rings. The predicted molar refractivity (Wildman–Crippen MR) is 130 cm³/mol. The van der Waals surface area contributed by atoms with Gasteiger partial charge in [0.2, 0.25) is 11.8 Å². The molecule has 2 aromatic carbocycles. The first-order valence-electron chi connectivity index (χ1n) is 11.4. The molecule has 1 aliphatic heterocycles. The molecule has 0 bridgehead atoms. The van der Waals surface area contributed by atoms with Gasteiger partial charge in [-0.05, 0) is 37.1 Å². The molecule has 4 rings (SSSR count). The van der Waals surface area contributed by atoms with Crippen LogP contribution in [-0.4, -0.2) is 59.6 Å². The van der Waals surface area contributed by atoms with Crippen molar-refractivity contribution >= 4 is 39.9 Å². The van der Waals surface area contributed by atoms with Crippen LogP contribution in [0, 0.1) is 17.5 Å². The number of aromatic nitrogens is 2. The highest BCUT2D eigenvalue weighted by atomic mass is 19.2. The number of hydrogen-bond acceptors (Lipinski definition) is 7. The van der Waals surface area contributed by atoms with Crippen molar-refractivity contribution in [1.82, 2.24) is 14.9 Å². The fraction of sp³-hybridized carbons (Fsp3) is 0.280. The van der Waals surface area contributed by atoms with Crippen LogP contribution >= 0.6 is 0 Å². The average Bonchev–Trinajstić information content (AvgIpc) is 3.39. The van der Waals surface area contributed by atoms with Crippen molar-refractivity contribution in [3.05, 3.63) is 60.7 Å². The number of halogens is 3. The Morgan fingerprint density at radius 2 is 1.97 bits per heavy atom. The van der Waals surface area contributed by atoms with E-state index in [4.69, 9.17) is 9.47 Å². The van der Waals surface area contributed by atoms with Crippen LogP contribution in [0.3, 0.4) is 0 Å². The molecule has 1 atom stereocenters. The van der Waals surface area contributed by atoms with Crippen LogP contribution in [0.5, 0.6) is 5.75 Å². The van der Waals surface area contributed by atoms with Gasteiger partial charge in [0.25, 0.3) is 0 Å². The minimum atomic E-state index is -1.62. The summed E-state index contributed by atoms with van der Waals surface area (Å²) < 4.78 is 52.2. The summed E-state index contributed by atoms with van der Waals surface area (Å²) in [6.45, 7) is 4.37. The summed E-state index contributed by atoms with van der Waals surface area (Å²) in [7, 11) is 1.51. The summed E-state index contributed by atoms with van der Waals surface area (Å²) in [6, 6.07) is 4.20. The average molecular weight is 515 g/mol. The highest BCUT2D eigenvalue weighted by Gasteiger charge is 2.33. The normalized spacial score (nSPS) is 15.0. The molecule has 9 nitrogen and oxygen atoms in total. The predicted octanol–water partition coefficient (Wildman–Crippen LogP) is 3.93. The Hall–Kier alpha value is -4.19. The van der Waals surface area contributed by atoms with Gasteiger partial charge in [-0.15, -0.1) is 0 Å². The van der Waals surface area contributed by atoms with Crippen LogP contribution in [0.25, 0.3) is 10.9 Å². The highest BCUT2D eigenvalue weighted by molar-refractivity contribution is 6.03. The van der Waals surface area contributed by atoms with Crippen LogP contribution < -0.4 is 15.4 Å². The van der Waals surface area contributed by atoms with Crippen molar-refractivity contribution in [3.8, 4) is 5.75 Å². The van der Waals surface area contributed by atoms with Gasteiger partial charge in [0.1, 0.15) is 30.5 Å². The minimum Gasteiger partial charge on any atom is -0.489 e. The van der Waals surface area contributed by atoms with Crippen molar-refractivity contribution in [2.75, 3.05) is 37.5 Å². The van der Waals surface area contributed by atoms with E-state index in [1.165, 1.54) is 24.4 Å². The number of anilines is 3. The lowest BCUT2D eigenvalue weighted by molar-refractivity contribution is -0.132. The largest absolute Gasteiger partial charge is 0.489 e. The van der Waals surface area contributed by atoms with Crippen LogP contribution in [0.4, 0.5) is 30.4 Å². The number of hydrogen-bond donors (Lipinski definition) is 2. The van der Waals surface area contributed by atoms with Crippen molar-refractivity contribution < 1.29 is 32.2 Å². The van der Waals surface area contributed by atoms with Gasteiger partial charge in [-0.2, -0.15) is 0 Å². The van der Waals surface area contributed by atoms with Gasteiger partial charge in [0.15, 0.2) is 17.5 Å². The second-order valence-corrected chi connectivity index (χ2v) is 8.16. The van der Waals surface area contributed by atoms with E-state index in [1.54, 1.807) is 6.07 Å². The molecule has 0 saturated carbocycles. The molecule has 12 heteroatoms. The van der Waals surface area contributed by atoms with Crippen LogP contribution in [0.2, 0.25) is 0 Å². The molecule has 1 aromatic heterocycles. The lowest BCUT2D eigenvalue weighted by atomic mass is 10.1. The zero-order chi connectivity index (χ0) is 26.5. The van der Waals surface area contributed by atoms with Crippen LogP contribution in [0.15, 0.2) is 43.2 Å². The fourth-order valence-corrected chi connectivity index (χ4v) is 4.02. The Kier molecular flexibility index (Phi) is 7.87. The molecule has 1 fully saturated rings. The van der Waals surface area contributed by atoms with Crippen LogP contribution in [-0.2, 0) is 14.3 Å². The molecule has 0 radical (unpaired) electrons. The van der Waals surface area contributed by atoms with Crippen molar-refractivity contribution in [1.29, 1.82) is 0 Å². The molecule has 0 aliphatic carbocycles. The monoisotopic (exact) mass is 515 g/mol. The SMILES string of the molecule is C=CC(=O)N1CCC[C@H]1C(=O)Nc1cc2c(Nc3ccc(F)c(F)c3F)ncnc2cc1OCCOC. The lowest BCUT2D eigenvalue weighted by Crippen LogP contribution is -2.42. The Balaban J connectivity index is 1.71. The Morgan fingerprint density at radius 1 is 1.16 bits per heavy atom. The third-order valence-electron chi connectivity index (χ3n) is 5.84. The van der Waals surface area contributed by atoms with Gasteiger partial charge in [-0.1, -0.05) is 6.58 Å². The minimum absolute atomic E-state index is 0.0816. The second kappa shape index (κ2) is 11.2. The number of nitrogens with zero attached hydrogens (tertiary/aromatic N) is 3. The van der Waals surface area contributed by atoms with E-state index < -0.39 is 29.4 Å². The Bertz CT molecular complexity index is 1350. The summed E-state index contributed by atoms with van der Waals surface area (Å²) >= 11 is 0. The molecule has 194 valence electrons. The number of nitrogens with one attached hydrogen (secondary N) is 2. The number of rotatable bonds is 9. The first-order valence-corrected chi connectivity index (χ1v) is 11.4. The summed E-state index contributed by atoms with van der Waals surface area (Å²) in [5, 5.41) is 5.79. The zero-order valence-electron chi connectivity index (χ0n) is 19.9. The van der Waals surface area contributed by atoms with E-state index >= 15 is 0 Å². The summed E-state index contributed by atoms with van der Waals surface area (Å²) in [5.41, 5.74) is 0.278. The fourth-order valence-electron chi connectivity index (χ4n) is 4.02. The maximum Gasteiger partial charge on any atom is 0.247 e. The molecule has 3 aromatic rings. The molecule has 2 heterocycles. The van der Waals surface area contributed by atoms with Crippen LogP contribution in [0.1, 0.15) is 12.8 Å². The molecule has 0 unspecified atom stereocenters. The number of likely N-dealkylation sites (tertiary alicyclic amines) is 1. The number of carbonyl (C=O) groups excluding carboxylic acids is 2. The van der Waals surface area contributed by atoms with Gasteiger partial charge in [-0.25, -0.2) is 23.1 Å². The van der Waals surface area contributed by atoms with Gasteiger partial charge in [-0.3, -0.25) is 9.59 Å². The number of methoxy groups -OCH3 is 1. The Morgan fingerprint density at radius 3 is 2.73 bits per heavy atom. The molecule has 1 saturated heterocycles. The third-order valence-corrected chi connectivity index (χ3v) is 5.84. The molecule has 37 heavy (non-hydrogen) atoms. The van der Waals surface area contributed by atoms with E-state index in [0.29, 0.717) is 30.3 Å². The Labute approximate surface area is 210 Å². The number of ether oxygens (including phenoxy) is 2. The summed E-state index contributed by atoms with van der Waals surface area (Å²) in [4.78, 5) is 35.1. The summed E-state index contributed by atoms with van der Waals surface area (Å²) in [5.74, 6) is -4.77. The van der Waals surface area contributed by atoms with E-state index in [1.807, 2.05) is 0 Å². The first-order chi connectivity index (χ1) is 17.8. The first kappa shape index (κ1) is 25.9. The van der Waals surface area contributed by atoms with Gasteiger partial charge >= 0.3 is 0 Å². The highest BCUT2D eigenvalue weighted by Crippen LogP contribution is 2.34. The molecular weight excluding hydrogens is 491 g/mol. The number of carbonyl (C=O) groups is 2. The maximum absolute atomic E-state index is 14.3. The molecule has 2 N–H and O–H groups in total. The number of benzene rings is 2. The topological polar surface area (TPSA) is 106 Å².